The number of nitrogens with one attached hydrogen (secondary N) is 1. The SMILES string of the molecule is CC(C)CC(C)(CN)NC(=O)c1cnn2ccccc12. The van der Waals surface area contributed by atoms with Crippen molar-refractivity contribution in [3.63, 3.8) is 0 Å². The third-order valence-electron chi connectivity index (χ3n) is 3.40. The van der Waals surface area contributed by atoms with Crippen molar-refractivity contribution >= 4 is 11.4 Å². The monoisotopic (exact) mass is 274 g/mol. The Morgan fingerprint density at radius 3 is 2.90 bits per heavy atom. The molecule has 0 bridgehead atoms. The number of aromatic nitrogens is 2. The van der Waals surface area contributed by atoms with E-state index in [1.165, 1.54) is 0 Å². The van der Waals surface area contributed by atoms with Crippen molar-refractivity contribution in [3.05, 3.63) is 36.2 Å². The van der Waals surface area contributed by atoms with Gasteiger partial charge in [-0.2, -0.15) is 5.10 Å². The van der Waals surface area contributed by atoms with Gasteiger partial charge in [-0.05, 0) is 31.4 Å². The Morgan fingerprint density at radius 1 is 1.50 bits per heavy atom. The van der Waals surface area contributed by atoms with Crippen molar-refractivity contribution in [2.24, 2.45) is 11.7 Å². The van der Waals surface area contributed by atoms with Gasteiger partial charge in [0.15, 0.2) is 0 Å². The van der Waals surface area contributed by atoms with Crippen LogP contribution in [0.1, 0.15) is 37.6 Å². The summed E-state index contributed by atoms with van der Waals surface area (Å²) in [5, 5.41) is 7.23. The lowest BCUT2D eigenvalue weighted by Crippen LogP contribution is -2.52. The quantitative estimate of drug-likeness (QED) is 0.873. The third-order valence-corrected chi connectivity index (χ3v) is 3.40. The molecule has 0 aliphatic heterocycles. The van der Waals surface area contributed by atoms with Crippen LogP contribution in [-0.4, -0.2) is 27.6 Å². The summed E-state index contributed by atoms with van der Waals surface area (Å²) in [6.07, 6.45) is 4.26. The first-order valence-corrected chi connectivity index (χ1v) is 6.90. The Balaban J connectivity index is 2.23. The highest BCUT2D eigenvalue weighted by molar-refractivity contribution is 6.00. The van der Waals surface area contributed by atoms with E-state index in [0.29, 0.717) is 18.0 Å². The minimum absolute atomic E-state index is 0.125. The van der Waals surface area contributed by atoms with Gasteiger partial charge in [-0.1, -0.05) is 19.9 Å². The third kappa shape index (κ3) is 2.99. The topological polar surface area (TPSA) is 72.4 Å². The molecular weight excluding hydrogens is 252 g/mol. The van der Waals surface area contributed by atoms with Gasteiger partial charge >= 0.3 is 0 Å². The maximum Gasteiger partial charge on any atom is 0.255 e. The molecule has 0 aromatic carbocycles. The van der Waals surface area contributed by atoms with Gasteiger partial charge in [0, 0.05) is 18.3 Å². The average molecular weight is 274 g/mol. The van der Waals surface area contributed by atoms with E-state index in [1.54, 1.807) is 10.7 Å². The van der Waals surface area contributed by atoms with E-state index in [2.05, 4.69) is 24.3 Å². The Kier molecular flexibility index (Phi) is 4.09. The van der Waals surface area contributed by atoms with E-state index in [1.807, 2.05) is 31.3 Å². The summed E-state index contributed by atoms with van der Waals surface area (Å²) >= 11 is 0. The summed E-state index contributed by atoms with van der Waals surface area (Å²) in [4.78, 5) is 12.5. The molecule has 20 heavy (non-hydrogen) atoms. The van der Waals surface area contributed by atoms with E-state index in [9.17, 15) is 4.79 Å². The molecule has 0 radical (unpaired) electrons. The van der Waals surface area contributed by atoms with Crippen LogP contribution in [-0.2, 0) is 0 Å². The summed E-state index contributed by atoms with van der Waals surface area (Å²) in [6.45, 7) is 6.64. The number of fused-ring (bicyclic) bond motifs is 1. The Bertz CT molecular complexity index is 605. The van der Waals surface area contributed by atoms with E-state index in [4.69, 9.17) is 5.73 Å². The van der Waals surface area contributed by atoms with Crippen molar-refractivity contribution in [3.8, 4) is 0 Å². The lowest BCUT2D eigenvalue weighted by atomic mass is 9.90. The lowest BCUT2D eigenvalue weighted by Gasteiger charge is -2.31. The number of carbonyl (C=O) groups is 1. The Morgan fingerprint density at radius 2 is 2.25 bits per heavy atom. The van der Waals surface area contributed by atoms with Gasteiger partial charge in [0.25, 0.3) is 5.91 Å². The summed E-state index contributed by atoms with van der Waals surface area (Å²) < 4.78 is 1.69. The van der Waals surface area contributed by atoms with E-state index < -0.39 is 5.54 Å². The fraction of sp³-hybridized carbons (Fsp3) is 0.467. The molecule has 3 N–H and O–H groups in total. The van der Waals surface area contributed by atoms with Crippen molar-refractivity contribution < 1.29 is 4.79 Å². The van der Waals surface area contributed by atoms with Crippen LogP contribution < -0.4 is 11.1 Å². The second-order valence-electron chi connectivity index (χ2n) is 5.91. The predicted molar refractivity (Wildman–Crippen MR) is 79.6 cm³/mol. The molecule has 0 aliphatic carbocycles. The summed E-state index contributed by atoms with van der Waals surface area (Å²) in [6, 6.07) is 5.65. The summed E-state index contributed by atoms with van der Waals surface area (Å²) in [5.74, 6) is 0.340. The zero-order valence-corrected chi connectivity index (χ0v) is 12.3. The minimum Gasteiger partial charge on any atom is -0.345 e. The van der Waals surface area contributed by atoms with Gasteiger partial charge in [-0.3, -0.25) is 4.79 Å². The molecule has 2 aromatic rings. The van der Waals surface area contributed by atoms with Crippen molar-refractivity contribution in [2.45, 2.75) is 32.7 Å². The zero-order chi connectivity index (χ0) is 14.8. The molecule has 2 heterocycles. The van der Waals surface area contributed by atoms with Crippen LogP contribution in [0.25, 0.3) is 5.52 Å². The number of nitrogens with zero attached hydrogens (tertiary/aromatic N) is 2. The molecule has 5 heteroatoms. The molecule has 0 saturated carbocycles. The van der Waals surface area contributed by atoms with Crippen molar-refractivity contribution in [2.75, 3.05) is 6.54 Å². The van der Waals surface area contributed by atoms with Crippen LogP contribution >= 0.6 is 0 Å². The van der Waals surface area contributed by atoms with E-state index >= 15 is 0 Å². The average Bonchev–Trinajstić information content (AvgIpc) is 2.81. The highest BCUT2D eigenvalue weighted by Crippen LogP contribution is 2.17. The van der Waals surface area contributed by atoms with E-state index in [-0.39, 0.29) is 5.91 Å². The fourth-order valence-corrected chi connectivity index (χ4v) is 2.54. The number of rotatable bonds is 5. The van der Waals surface area contributed by atoms with Crippen LogP contribution in [0.2, 0.25) is 0 Å². The highest BCUT2D eigenvalue weighted by atomic mass is 16.1. The molecule has 0 saturated heterocycles. The molecule has 2 rings (SSSR count). The van der Waals surface area contributed by atoms with Crippen molar-refractivity contribution in [1.29, 1.82) is 0 Å². The maximum absolute atomic E-state index is 12.5. The van der Waals surface area contributed by atoms with Crippen LogP contribution in [0.3, 0.4) is 0 Å². The van der Waals surface area contributed by atoms with Crippen LogP contribution in [0, 0.1) is 5.92 Å². The van der Waals surface area contributed by atoms with Crippen LogP contribution in [0.5, 0.6) is 0 Å². The number of hydrogen-bond acceptors (Lipinski definition) is 3. The van der Waals surface area contributed by atoms with Gasteiger partial charge in [-0.15, -0.1) is 0 Å². The van der Waals surface area contributed by atoms with Crippen LogP contribution in [0.4, 0.5) is 0 Å². The molecule has 1 amide bonds. The normalized spacial score (nSPS) is 14.4. The molecule has 0 aliphatic rings. The van der Waals surface area contributed by atoms with Gasteiger partial charge in [0.05, 0.1) is 17.3 Å². The minimum atomic E-state index is -0.395. The smallest absolute Gasteiger partial charge is 0.255 e. The highest BCUT2D eigenvalue weighted by Gasteiger charge is 2.27. The molecule has 5 nitrogen and oxygen atoms in total. The lowest BCUT2D eigenvalue weighted by molar-refractivity contribution is 0.0900. The molecule has 1 unspecified atom stereocenters. The zero-order valence-electron chi connectivity index (χ0n) is 12.3. The summed E-state index contributed by atoms with van der Waals surface area (Å²) in [7, 11) is 0. The van der Waals surface area contributed by atoms with Gasteiger partial charge in [0.2, 0.25) is 0 Å². The predicted octanol–water partition coefficient (Wildman–Crippen LogP) is 1.83. The maximum atomic E-state index is 12.5. The number of pyridine rings is 1. The molecular formula is C15H22N4O. The second kappa shape index (κ2) is 5.63. The van der Waals surface area contributed by atoms with Crippen molar-refractivity contribution in [1.82, 2.24) is 14.9 Å². The first-order chi connectivity index (χ1) is 9.45. The van der Waals surface area contributed by atoms with Gasteiger partial charge < -0.3 is 11.1 Å². The number of nitrogens with two attached hydrogens (primary N) is 1. The standard InChI is InChI=1S/C15H22N4O/c1-11(2)8-15(3,10-16)18-14(20)12-9-17-19-7-5-4-6-13(12)19/h4-7,9,11H,8,10,16H2,1-3H3,(H,18,20). The van der Waals surface area contributed by atoms with E-state index in [0.717, 1.165) is 11.9 Å². The van der Waals surface area contributed by atoms with Gasteiger partial charge in [0.1, 0.15) is 0 Å². The first-order valence-electron chi connectivity index (χ1n) is 6.90. The molecule has 2 aromatic heterocycles. The molecule has 108 valence electrons. The Labute approximate surface area is 119 Å². The molecule has 0 fully saturated rings. The van der Waals surface area contributed by atoms with Gasteiger partial charge in [-0.25, -0.2) is 4.52 Å². The summed E-state index contributed by atoms with van der Waals surface area (Å²) in [5.41, 5.74) is 6.82. The largest absolute Gasteiger partial charge is 0.345 e. The number of amides is 1. The first kappa shape index (κ1) is 14.5. The fourth-order valence-electron chi connectivity index (χ4n) is 2.54. The second-order valence-corrected chi connectivity index (χ2v) is 5.91. The molecule has 0 spiro atoms. The molecule has 1 atom stereocenters. The van der Waals surface area contributed by atoms with Crippen LogP contribution in [0.15, 0.2) is 30.6 Å². The Hall–Kier alpha value is -1.88. The number of carbonyl (C=O) groups excluding carboxylic acids is 1. The number of hydrogen-bond donors (Lipinski definition) is 2.